The van der Waals surface area contributed by atoms with Gasteiger partial charge in [0.1, 0.15) is 5.75 Å². The normalized spacial score (nSPS) is 11.4. The Bertz CT molecular complexity index is 789. The van der Waals surface area contributed by atoms with Gasteiger partial charge in [0.05, 0.1) is 4.90 Å². The molecule has 0 atom stereocenters. The maximum Gasteiger partial charge on any atom is 0.186 e. The van der Waals surface area contributed by atoms with Crippen molar-refractivity contribution in [1.82, 2.24) is 0 Å². The molecule has 0 N–H and O–H groups in total. The lowest BCUT2D eigenvalue weighted by Crippen LogP contribution is -2.17. The minimum Gasteiger partial charge on any atom is -0.293 e. The number of benzene rings is 2. The highest BCUT2D eigenvalue weighted by atomic mass is 32.2. The maximum atomic E-state index is 12.5. The van der Waals surface area contributed by atoms with Crippen molar-refractivity contribution in [3.63, 3.8) is 0 Å². The highest BCUT2D eigenvalue weighted by Gasteiger charge is 2.22. The van der Waals surface area contributed by atoms with E-state index >= 15 is 0 Å². The Morgan fingerprint density at radius 2 is 1.62 bits per heavy atom. The van der Waals surface area contributed by atoms with E-state index in [0.717, 1.165) is 11.1 Å². The summed E-state index contributed by atoms with van der Waals surface area (Å²) in [6, 6.07) is 12.2. The molecular formula is C17H18O3S. The van der Waals surface area contributed by atoms with Crippen LogP contribution in [0.1, 0.15) is 27.0 Å². The van der Waals surface area contributed by atoms with Crippen LogP contribution in [0.2, 0.25) is 0 Å². The highest BCUT2D eigenvalue weighted by molar-refractivity contribution is 7.92. The Hall–Kier alpha value is -1.94. The van der Waals surface area contributed by atoms with Gasteiger partial charge in [0.2, 0.25) is 0 Å². The summed E-state index contributed by atoms with van der Waals surface area (Å²) in [5.41, 5.74) is 2.90. The van der Waals surface area contributed by atoms with E-state index in [1.165, 1.54) is 0 Å². The van der Waals surface area contributed by atoms with Crippen LogP contribution < -0.4 is 0 Å². The van der Waals surface area contributed by atoms with Crippen molar-refractivity contribution in [1.29, 1.82) is 0 Å². The van der Waals surface area contributed by atoms with Crippen LogP contribution in [0.5, 0.6) is 0 Å². The molecule has 0 saturated heterocycles. The standard InChI is InChI=1S/C17H18O3S/c1-12-5-4-6-15(9-12)16(18)11-21(19,20)17-10-13(2)7-8-14(17)3/h4-10H,11H2,1-3H3. The summed E-state index contributed by atoms with van der Waals surface area (Å²) in [5, 5.41) is 0. The van der Waals surface area contributed by atoms with Crippen molar-refractivity contribution in [2.45, 2.75) is 25.7 Å². The third kappa shape index (κ3) is 3.58. The SMILES string of the molecule is Cc1cccc(C(=O)CS(=O)(=O)c2cc(C)ccc2C)c1. The first kappa shape index (κ1) is 15.4. The predicted octanol–water partition coefficient (Wildman–Crippen LogP) is 3.27. The van der Waals surface area contributed by atoms with E-state index in [4.69, 9.17) is 0 Å². The van der Waals surface area contributed by atoms with Crippen molar-refractivity contribution in [3.05, 3.63) is 64.7 Å². The fourth-order valence-electron chi connectivity index (χ4n) is 2.19. The summed E-state index contributed by atoms with van der Waals surface area (Å²) in [5.74, 6) is -0.875. The van der Waals surface area contributed by atoms with Gasteiger partial charge in [-0.15, -0.1) is 0 Å². The first-order chi connectivity index (χ1) is 9.79. The number of Topliss-reactive ketones (excluding diaryl/α,β-unsaturated/α-hetero) is 1. The molecule has 0 aliphatic rings. The zero-order valence-corrected chi connectivity index (χ0v) is 13.2. The molecular weight excluding hydrogens is 284 g/mol. The molecule has 21 heavy (non-hydrogen) atoms. The number of carbonyl (C=O) groups excluding carboxylic acids is 1. The van der Waals surface area contributed by atoms with E-state index in [1.54, 1.807) is 37.3 Å². The zero-order chi connectivity index (χ0) is 15.6. The van der Waals surface area contributed by atoms with Gasteiger partial charge in [-0.1, -0.05) is 35.9 Å². The Morgan fingerprint density at radius 1 is 0.952 bits per heavy atom. The van der Waals surface area contributed by atoms with E-state index in [9.17, 15) is 13.2 Å². The lowest BCUT2D eigenvalue weighted by molar-refractivity contribution is 0.102. The topological polar surface area (TPSA) is 51.2 Å². The highest BCUT2D eigenvalue weighted by Crippen LogP contribution is 2.19. The minimum absolute atomic E-state index is 0.239. The van der Waals surface area contributed by atoms with Gasteiger partial charge in [-0.25, -0.2) is 8.42 Å². The van der Waals surface area contributed by atoms with Crippen LogP contribution in [0.15, 0.2) is 47.4 Å². The molecule has 2 aromatic carbocycles. The Balaban J connectivity index is 2.33. The summed E-state index contributed by atoms with van der Waals surface area (Å²) in [7, 11) is -3.62. The molecule has 3 nitrogen and oxygen atoms in total. The molecule has 0 aromatic heterocycles. The van der Waals surface area contributed by atoms with Crippen LogP contribution in [-0.2, 0) is 9.84 Å². The van der Waals surface area contributed by atoms with E-state index in [0.29, 0.717) is 11.1 Å². The van der Waals surface area contributed by atoms with Crippen LogP contribution in [0.3, 0.4) is 0 Å². The van der Waals surface area contributed by atoms with Crippen molar-refractivity contribution >= 4 is 15.6 Å². The van der Waals surface area contributed by atoms with Gasteiger partial charge in [-0.05, 0) is 44.0 Å². The molecule has 0 amide bonds. The predicted molar refractivity (Wildman–Crippen MR) is 83.5 cm³/mol. The van der Waals surface area contributed by atoms with Crippen LogP contribution in [0, 0.1) is 20.8 Å². The quantitative estimate of drug-likeness (QED) is 0.815. The van der Waals surface area contributed by atoms with E-state index in [1.807, 2.05) is 26.0 Å². The van der Waals surface area contributed by atoms with Gasteiger partial charge in [0, 0.05) is 5.56 Å². The summed E-state index contributed by atoms with van der Waals surface area (Å²) >= 11 is 0. The summed E-state index contributed by atoms with van der Waals surface area (Å²) in [4.78, 5) is 12.4. The zero-order valence-electron chi connectivity index (χ0n) is 12.4. The molecule has 0 aliphatic heterocycles. The number of sulfone groups is 1. The smallest absolute Gasteiger partial charge is 0.186 e. The van der Waals surface area contributed by atoms with Crippen LogP contribution in [0.25, 0.3) is 0 Å². The number of hydrogen-bond donors (Lipinski definition) is 0. The first-order valence-electron chi connectivity index (χ1n) is 6.69. The van der Waals surface area contributed by atoms with Gasteiger partial charge in [0.15, 0.2) is 15.6 Å². The van der Waals surface area contributed by atoms with Crippen molar-refractivity contribution in [3.8, 4) is 0 Å². The number of carbonyl (C=O) groups is 1. The summed E-state index contributed by atoms with van der Waals surface area (Å²) in [6.07, 6.45) is 0. The summed E-state index contributed by atoms with van der Waals surface area (Å²) < 4.78 is 24.9. The molecule has 0 radical (unpaired) electrons. The van der Waals surface area contributed by atoms with Crippen LogP contribution in [0.4, 0.5) is 0 Å². The molecule has 4 heteroatoms. The van der Waals surface area contributed by atoms with Gasteiger partial charge in [0.25, 0.3) is 0 Å². The number of hydrogen-bond acceptors (Lipinski definition) is 3. The Kier molecular flexibility index (Phi) is 4.28. The van der Waals surface area contributed by atoms with E-state index in [2.05, 4.69) is 0 Å². The molecule has 2 aromatic rings. The van der Waals surface area contributed by atoms with Gasteiger partial charge in [-0.2, -0.15) is 0 Å². The number of aryl methyl sites for hydroxylation is 3. The molecule has 0 spiro atoms. The largest absolute Gasteiger partial charge is 0.293 e. The molecule has 110 valence electrons. The average molecular weight is 302 g/mol. The maximum absolute atomic E-state index is 12.5. The molecule has 0 heterocycles. The van der Waals surface area contributed by atoms with Gasteiger partial charge < -0.3 is 0 Å². The van der Waals surface area contributed by atoms with E-state index < -0.39 is 15.6 Å². The second-order valence-electron chi connectivity index (χ2n) is 5.32. The van der Waals surface area contributed by atoms with Crippen LogP contribution in [-0.4, -0.2) is 20.0 Å². The lowest BCUT2D eigenvalue weighted by atomic mass is 10.1. The Morgan fingerprint density at radius 3 is 2.29 bits per heavy atom. The van der Waals surface area contributed by atoms with Crippen molar-refractivity contribution < 1.29 is 13.2 Å². The average Bonchev–Trinajstić information content (AvgIpc) is 2.41. The summed E-state index contributed by atoms with van der Waals surface area (Å²) in [6.45, 7) is 5.44. The number of rotatable bonds is 4. The van der Waals surface area contributed by atoms with Crippen LogP contribution >= 0.6 is 0 Å². The molecule has 0 unspecified atom stereocenters. The van der Waals surface area contributed by atoms with Crippen molar-refractivity contribution in [2.75, 3.05) is 5.75 Å². The first-order valence-corrected chi connectivity index (χ1v) is 8.35. The fourth-order valence-corrected chi connectivity index (χ4v) is 3.79. The molecule has 0 aliphatic carbocycles. The monoisotopic (exact) mass is 302 g/mol. The third-order valence-corrected chi connectivity index (χ3v) is 5.09. The fraction of sp³-hybridized carbons (Fsp3) is 0.235. The van der Waals surface area contributed by atoms with Gasteiger partial charge >= 0.3 is 0 Å². The second-order valence-corrected chi connectivity index (χ2v) is 7.28. The molecule has 2 rings (SSSR count). The van der Waals surface area contributed by atoms with E-state index in [-0.39, 0.29) is 10.7 Å². The Labute approximate surface area is 125 Å². The second kappa shape index (κ2) is 5.82. The van der Waals surface area contributed by atoms with Gasteiger partial charge in [-0.3, -0.25) is 4.79 Å². The lowest BCUT2D eigenvalue weighted by Gasteiger charge is -2.08. The minimum atomic E-state index is -3.62. The third-order valence-electron chi connectivity index (χ3n) is 3.34. The molecule has 0 saturated carbocycles. The number of ketones is 1. The molecule has 0 bridgehead atoms. The van der Waals surface area contributed by atoms with Crippen molar-refractivity contribution in [2.24, 2.45) is 0 Å². The molecule has 0 fully saturated rings.